The molecule has 2 heterocycles. The van der Waals surface area contributed by atoms with Crippen LogP contribution in [0.15, 0.2) is 18.3 Å². The first kappa shape index (κ1) is 10.0. The van der Waals surface area contributed by atoms with E-state index in [4.69, 9.17) is 5.11 Å². The molecule has 0 bridgehead atoms. The fourth-order valence-electron chi connectivity index (χ4n) is 1.86. The molecule has 0 radical (unpaired) electrons. The number of hydrogen-bond acceptors (Lipinski definition) is 3. The molecule has 5 heteroatoms. The first-order chi connectivity index (χ1) is 7.18. The van der Waals surface area contributed by atoms with Crippen molar-refractivity contribution >= 4 is 5.97 Å². The van der Waals surface area contributed by atoms with E-state index in [1.54, 1.807) is 6.07 Å². The molecule has 0 spiro atoms. The second-order valence-electron chi connectivity index (χ2n) is 3.61. The number of aliphatic carboxylic acids is 1. The molecule has 1 fully saturated rings. The Balaban J connectivity index is 2.22. The van der Waals surface area contributed by atoms with Gasteiger partial charge in [-0.25, -0.2) is 4.39 Å². The Morgan fingerprint density at radius 3 is 2.93 bits per heavy atom. The number of halogens is 1. The summed E-state index contributed by atoms with van der Waals surface area (Å²) >= 11 is 0. The van der Waals surface area contributed by atoms with Crippen LogP contribution in [0.5, 0.6) is 0 Å². The largest absolute Gasteiger partial charge is 0.481 e. The molecule has 4 nitrogen and oxygen atoms in total. The van der Waals surface area contributed by atoms with Gasteiger partial charge in [-0.05, 0) is 12.1 Å². The van der Waals surface area contributed by atoms with Gasteiger partial charge in [-0.3, -0.25) is 9.78 Å². The number of aromatic nitrogens is 1. The lowest BCUT2D eigenvalue weighted by atomic mass is 9.92. The van der Waals surface area contributed by atoms with Gasteiger partial charge in [0.2, 0.25) is 0 Å². The fourth-order valence-corrected chi connectivity index (χ4v) is 1.86. The summed E-state index contributed by atoms with van der Waals surface area (Å²) in [6.07, 6.45) is 1.12. The average Bonchev–Trinajstić information content (AvgIpc) is 2.67. The second kappa shape index (κ2) is 3.94. The van der Waals surface area contributed by atoms with Gasteiger partial charge in [-0.15, -0.1) is 0 Å². The molecule has 80 valence electrons. The van der Waals surface area contributed by atoms with Gasteiger partial charge in [0, 0.05) is 24.7 Å². The second-order valence-corrected chi connectivity index (χ2v) is 3.61. The summed E-state index contributed by atoms with van der Waals surface area (Å²) in [5.41, 5.74) is 0.633. The van der Waals surface area contributed by atoms with E-state index < -0.39 is 17.7 Å². The topological polar surface area (TPSA) is 62.2 Å². The van der Waals surface area contributed by atoms with Gasteiger partial charge in [0.05, 0.1) is 12.1 Å². The molecule has 0 amide bonds. The normalized spacial score (nSPS) is 25.4. The van der Waals surface area contributed by atoms with Crippen LogP contribution in [0.2, 0.25) is 0 Å². The maximum atomic E-state index is 12.6. The van der Waals surface area contributed by atoms with Gasteiger partial charge >= 0.3 is 5.97 Å². The van der Waals surface area contributed by atoms with Gasteiger partial charge < -0.3 is 10.4 Å². The summed E-state index contributed by atoms with van der Waals surface area (Å²) in [4.78, 5) is 14.8. The van der Waals surface area contributed by atoms with E-state index >= 15 is 0 Å². The maximum Gasteiger partial charge on any atom is 0.308 e. The van der Waals surface area contributed by atoms with Crippen molar-refractivity contribution in [3.8, 4) is 0 Å². The van der Waals surface area contributed by atoms with Gasteiger partial charge in [0.15, 0.2) is 0 Å². The lowest BCUT2D eigenvalue weighted by Gasteiger charge is -2.13. The summed E-state index contributed by atoms with van der Waals surface area (Å²) in [6, 6.07) is 2.85. The number of carboxylic acids is 1. The van der Waals surface area contributed by atoms with Crippen LogP contribution >= 0.6 is 0 Å². The zero-order valence-electron chi connectivity index (χ0n) is 7.98. The highest BCUT2D eigenvalue weighted by atomic mass is 19.1. The van der Waals surface area contributed by atoms with Crippen molar-refractivity contribution in [2.45, 2.75) is 5.92 Å². The minimum absolute atomic E-state index is 0.164. The summed E-state index contributed by atoms with van der Waals surface area (Å²) in [6.45, 7) is 1.02. The van der Waals surface area contributed by atoms with Crippen molar-refractivity contribution in [3.63, 3.8) is 0 Å². The van der Waals surface area contributed by atoms with Crippen LogP contribution < -0.4 is 5.32 Å². The molecule has 2 rings (SSSR count). The molecule has 15 heavy (non-hydrogen) atoms. The van der Waals surface area contributed by atoms with E-state index in [0.717, 1.165) is 6.20 Å². The lowest BCUT2D eigenvalue weighted by molar-refractivity contribution is -0.141. The molecule has 0 saturated carbocycles. The SMILES string of the molecule is O=C(O)C1CNCC1c1ccc(F)cn1. The zero-order chi connectivity index (χ0) is 10.8. The number of rotatable bonds is 2. The molecule has 1 aromatic heterocycles. The van der Waals surface area contributed by atoms with Gasteiger partial charge in [-0.2, -0.15) is 0 Å². The van der Waals surface area contributed by atoms with Crippen molar-refractivity contribution in [2.24, 2.45) is 5.92 Å². The molecule has 0 aliphatic carbocycles. The van der Waals surface area contributed by atoms with Crippen LogP contribution in [0.3, 0.4) is 0 Å². The highest BCUT2D eigenvalue weighted by Crippen LogP contribution is 2.26. The summed E-state index contributed by atoms with van der Waals surface area (Å²) in [5.74, 6) is -1.88. The standard InChI is InChI=1S/C10H11FN2O2/c11-6-1-2-9(13-3-6)7-4-12-5-8(7)10(14)15/h1-3,7-8,12H,4-5H2,(H,14,15). The van der Waals surface area contributed by atoms with Crippen molar-refractivity contribution in [3.05, 3.63) is 29.8 Å². The van der Waals surface area contributed by atoms with Crippen molar-refractivity contribution in [1.29, 1.82) is 0 Å². The fraction of sp³-hybridized carbons (Fsp3) is 0.400. The lowest BCUT2D eigenvalue weighted by Crippen LogP contribution is -2.21. The zero-order valence-corrected chi connectivity index (χ0v) is 7.98. The molecular formula is C10H11FN2O2. The Morgan fingerprint density at radius 1 is 1.53 bits per heavy atom. The smallest absolute Gasteiger partial charge is 0.308 e. The van der Waals surface area contributed by atoms with Crippen LogP contribution in [0.25, 0.3) is 0 Å². The maximum absolute atomic E-state index is 12.6. The molecule has 2 N–H and O–H groups in total. The summed E-state index contributed by atoms with van der Waals surface area (Å²) in [7, 11) is 0. The van der Waals surface area contributed by atoms with E-state index in [9.17, 15) is 9.18 Å². The molecule has 1 aromatic rings. The molecule has 0 aromatic carbocycles. The third kappa shape index (κ3) is 1.97. The van der Waals surface area contributed by atoms with Gasteiger partial charge in [0.25, 0.3) is 0 Å². The van der Waals surface area contributed by atoms with E-state index in [2.05, 4.69) is 10.3 Å². The number of carbonyl (C=O) groups is 1. The first-order valence-electron chi connectivity index (χ1n) is 4.73. The third-order valence-electron chi connectivity index (χ3n) is 2.66. The van der Waals surface area contributed by atoms with Crippen LogP contribution in [0.4, 0.5) is 4.39 Å². The van der Waals surface area contributed by atoms with Gasteiger partial charge in [-0.1, -0.05) is 0 Å². The molecular weight excluding hydrogens is 199 g/mol. The van der Waals surface area contributed by atoms with Gasteiger partial charge in [0.1, 0.15) is 5.82 Å². The van der Waals surface area contributed by atoms with E-state index in [1.807, 2.05) is 0 Å². The molecule has 1 aliphatic rings. The van der Waals surface area contributed by atoms with Crippen molar-refractivity contribution in [1.82, 2.24) is 10.3 Å². The highest BCUT2D eigenvalue weighted by Gasteiger charge is 2.34. The minimum atomic E-state index is -0.837. The monoisotopic (exact) mass is 210 g/mol. The number of pyridine rings is 1. The Hall–Kier alpha value is -1.49. The molecule has 1 saturated heterocycles. The van der Waals surface area contributed by atoms with Crippen molar-refractivity contribution in [2.75, 3.05) is 13.1 Å². The highest BCUT2D eigenvalue weighted by molar-refractivity contribution is 5.72. The number of nitrogens with one attached hydrogen (secondary N) is 1. The Kier molecular flexibility index (Phi) is 2.64. The first-order valence-corrected chi connectivity index (χ1v) is 4.73. The summed E-state index contributed by atoms with van der Waals surface area (Å²) in [5, 5.41) is 12.0. The van der Waals surface area contributed by atoms with E-state index in [0.29, 0.717) is 18.8 Å². The van der Waals surface area contributed by atoms with Crippen LogP contribution in [0.1, 0.15) is 11.6 Å². The predicted molar refractivity (Wildman–Crippen MR) is 50.9 cm³/mol. The molecule has 2 unspecified atom stereocenters. The Bertz CT molecular complexity index is 366. The predicted octanol–water partition coefficient (Wildman–Crippen LogP) is 0.608. The van der Waals surface area contributed by atoms with Crippen LogP contribution in [-0.2, 0) is 4.79 Å². The summed E-state index contributed by atoms with van der Waals surface area (Å²) < 4.78 is 12.6. The molecule has 2 atom stereocenters. The number of carboxylic acid groups (broad SMARTS) is 1. The van der Waals surface area contributed by atoms with E-state index in [1.165, 1.54) is 6.07 Å². The van der Waals surface area contributed by atoms with E-state index in [-0.39, 0.29) is 5.92 Å². The number of nitrogens with zero attached hydrogens (tertiary/aromatic N) is 1. The van der Waals surface area contributed by atoms with Crippen LogP contribution in [0, 0.1) is 11.7 Å². The van der Waals surface area contributed by atoms with Crippen LogP contribution in [-0.4, -0.2) is 29.1 Å². The number of hydrogen-bond donors (Lipinski definition) is 2. The minimum Gasteiger partial charge on any atom is -0.481 e. The van der Waals surface area contributed by atoms with Crippen molar-refractivity contribution < 1.29 is 14.3 Å². The Labute approximate surface area is 86.1 Å². The average molecular weight is 210 g/mol. The molecule has 1 aliphatic heterocycles. The Morgan fingerprint density at radius 2 is 2.33 bits per heavy atom. The quantitative estimate of drug-likeness (QED) is 0.750. The third-order valence-corrected chi connectivity index (χ3v) is 2.66.